The minimum atomic E-state index is 0.0530. The van der Waals surface area contributed by atoms with E-state index in [0.29, 0.717) is 12.3 Å². The highest BCUT2D eigenvalue weighted by atomic mass is 79.9. The zero-order chi connectivity index (χ0) is 15.2. The number of hydrazine groups is 1. The molecule has 0 amide bonds. The van der Waals surface area contributed by atoms with E-state index in [9.17, 15) is 0 Å². The molecule has 0 aromatic heterocycles. The number of hydrogen-bond acceptors (Lipinski definition) is 5. The topological polar surface area (TPSA) is 59.8 Å². The molecule has 0 aliphatic carbocycles. The lowest BCUT2D eigenvalue weighted by atomic mass is 10.1. The summed E-state index contributed by atoms with van der Waals surface area (Å²) in [6.45, 7) is 2.66. The molecular formula is C15H24BrN3O2. The van der Waals surface area contributed by atoms with Crippen molar-refractivity contribution < 1.29 is 9.47 Å². The Bertz CT molecular complexity index is 464. The molecule has 6 heteroatoms. The zero-order valence-electron chi connectivity index (χ0n) is 12.7. The standard InChI is InChI=1S/C15H24BrN3O2/c1-20-14-8-11(12(16)9-15(14)21-2)13(10-17)18-19-6-4-3-5-7-19/h8-9,13,18H,3-7,10,17H2,1-2H3. The number of nitrogens with one attached hydrogen (secondary N) is 1. The van der Waals surface area contributed by atoms with Crippen LogP contribution in [0.15, 0.2) is 16.6 Å². The number of nitrogens with zero attached hydrogens (tertiary/aromatic N) is 1. The Kier molecular flexibility index (Phi) is 6.29. The van der Waals surface area contributed by atoms with Crippen molar-refractivity contribution in [2.75, 3.05) is 33.9 Å². The Balaban J connectivity index is 2.20. The fourth-order valence-electron chi connectivity index (χ4n) is 2.63. The molecule has 1 aromatic rings. The number of ether oxygens (including phenoxy) is 2. The van der Waals surface area contributed by atoms with Gasteiger partial charge >= 0.3 is 0 Å². The Morgan fingerprint density at radius 2 is 1.81 bits per heavy atom. The van der Waals surface area contributed by atoms with E-state index in [0.717, 1.165) is 28.9 Å². The van der Waals surface area contributed by atoms with Crippen LogP contribution in [0.1, 0.15) is 30.9 Å². The fraction of sp³-hybridized carbons (Fsp3) is 0.600. The molecule has 0 radical (unpaired) electrons. The van der Waals surface area contributed by atoms with Gasteiger partial charge in [-0.25, -0.2) is 10.4 Å². The predicted octanol–water partition coefficient (Wildman–Crippen LogP) is 2.46. The first-order valence-corrected chi connectivity index (χ1v) is 8.11. The summed E-state index contributed by atoms with van der Waals surface area (Å²) in [5.74, 6) is 1.43. The van der Waals surface area contributed by atoms with Gasteiger partial charge in [-0.2, -0.15) is 0 Å². The second-order valence-electron chi connectivity index (χ2n) is 5.19. The van der Waals surface area contributed by atoms with Gasteiger partial charge in [-0.3, -0.25) is 0 Å². The zero-order valence-corrected chi connectivity index (χ0v) is 14.3. The van der Waals surface area contributed by atoms with Crippen molar-refractivity contribution in [3.63, 3.8) is 0 Å². The lowest BCUT2D eigenvalue weighted by Crippen LogP contribution is -2.45. The van der Waals surface area contributed by atoms with Crippen LogP contribution in [0.3, 0.4) is 0 Å². The van der Waals surface area contributed by atoms with Gasteiger partial charge in [0.2, 0.25) is 0 Å². The minimum Gasteiger partial charge on any atom is -0.493 e. The normalized spacial score (nSPS) is 17.5. The molecule has 0 spiro atoms. The van der Waals surface area contributed by atoms with Gasteiger partial charge in [0.1, 0.15) is 0 Å². The Morgan fingerprint density at radius 3 is 2.38 bits per heavy atom. The molecule has 3 N–H and O–H groups in total. The molecule has 1 saturated heterocycles. The summed E-state index contributed by atoms with van der Waals surface area (Å²) in [5, 5.41) is 2.27. The Labute approximate surface area is 134 Å². The third-order valence-electron chi connectivity index (χ3n) is 3.81. The van der Waals surface area contributed by atoms with Crippen molar-refractivity contribution in [3.05, 3.63) is 22.2 Å². The average Bonchev–Trinajstić information content (AvgIpc) is 2.53. The summed E-state index contributed by atoms with van der Waals surface area (Å²) in [6.07, 6.45) is 3.78. The summed E-state index contributed by atoms with van der Waals surface area (Å²) >= 11 is 3.61. The molecule has 2 rings (SSSR count). The highest BCUT2D eigenvalue weighted by Gasteiger charge is 2.20. The highest BCUT2D eigenvalue weighted by Crippen LogP contribution is 2.36. The third-order valence-corrected chi connectivity index (χ3v) is 4.50. The van der Waals surface area contributed by atoms with E-state index in [1.807, 2.05) is 12.1 Å². The summed E-state index contributed by atoms with van der Waals surface area (Å²) in [6, 6.07) is 3.96. The highest BCUT2D eigenvalue weighted by molar-refractivity contribution is 9.10. The van der Waals surface area contributed by atoms with Crippen LogP contribution in [0.2, 0.25) is 0 Å². The van der Waals surface area contributed by atoms with E-state index in [1.54, 1.807) is 14.2 Å². The molecule has 118 valence electrons. The van der Waals surface area contributed by atoms with Gasteiger partial charge in [-0.1, -0.05) is 22.4 Å². The van der Waals surface area contributed by atoms with Gasteiger partial charge in [-0.15, -0.1) is 0 Å². The summed E-state index contributed by atoms with van der Waals surface area (Å²) in [7, 11) is 3.28. The summed E-state index contributed by atoms with van der Waals surface area (Å²) in [4.78, 5) is 0. The van der Waals surface area contributed by atoms with Gasteiger partial charge in [0.15, 0.2) is 11.5 Å². The second kappa shape index (κ2) is 7.98. The van der Waals surface area contributed by atoms with Crippen LogP contribution in [0.5, 0.6) is 11.5 Å². The van der Waals surface area contributed by atoms with Crippen LogP contribution in [0.4, 0.5) is 0 Å². The summed E-state index contributed by atoms with van der Waals surface area (Å²) in [5.41, 5.74) is 10.6. The van der Waals surface area contributed by atoms with Crippen LogP contribution < -0.4 is 20.6 Å². The molecule has 1 atom stereocenters. The molecule has 1 aliphatic heterocycles. The molecule has 0 saturated carbocycles. The Morgan fingerprint density at radius 1 is 1.19 bits per heavy atom. The van der Waals surface area contributed by atoms with Crippen molar-refractivity contribution in [1.29, 1.82) is 0 Å². The van der Waals surface area contributed by atoms with Crippen molar-refractivity contribution in [2.45, 2.75) is 25.3 Å². The predicted molar refractivity (Wildman–Crippen MR) is 87.6 cm³/mol. The number of methoxy groups -OCH3 is 2. The van der Waals surface area contributed by atoms with Crippen LogP contribution >= 0.6 is 15.9 Å². The lowest BCUT2D eigenvalue weighted by molar-refractivity contribution is 0.130. The van der Waals surface area contributed by atoms with Crippen LogP contribution in [0.25, 0.3) is 0 Å². The van der Waals surface area contributed by atoms with E-state index in [4.69, 9.17) is 15.2 Å². The van der Waals surface area contributed by atoms with Gasteiger partial charge in [0.05, 0.1) is 20.3 Å². The van der Waals surface area contributed by atoms with Gasteiger partial charge < -0.3 is 15.2 Å². The molecule has 1 aliphatic rings. The second-order valence-corrected chi connectivity index (χ2v) is 6.05. The number of hydrogen-bond donors (Lipinski definition) is 2. The van der Waals surface area contributed by atoms with E-state index < -0.39 is 0 Å². The maximum absolute atomic E-state index is 5.97. The van der Waals surface area contributed by atoms with Crippen molar-refractivity contribution in [3.8, 4) is 11.5 Å². The number of halogens is 1. The first kappa shape index (κ1) is 16.5. The number of piperidine rings is 1. The number of rotatable bonds is 6. The maximum Gasteiger partial charge on any atom is 0.161 e. The first-order valence-electron chi connectivity index (χ1n) is 7.32. The molecule has 21 heavy (non-hydrogen) atoms. The van der Waals surface area contributed by atoms with E-state index in [2.05, 4.69) is 26.4 Å². The minimum absolute atomic E-state index is 0.0530. The first-order chi connectivity index (χ1) is 10.2. The Hall–Kier alpha value is -0.820. The van der Waals surface area contributed by atoms with E-state index >= 15 is 0 Å². The monoisotopic (exact) mass is 357 g/mol. The quantitative estimate of drug-likeness (QED) is 0.818. The van der Waals surface area contributed by atoms with Crippen LogP contribution in [0, 0.1) is 0 Å². The van der Waals surface area contributed by atoms with Crippen molar-refractivity contribution >= 4 is 15.9 Å². The molecular weight excluding hydrogens is 334 g/mol. The van der Waals surface area contributed by atoms with Crippen LogP contribution in [-0.4, -0.2) is 38.9 Å². The molecule has 1 fully saturated rings. The van der Waals surface area contributed by atoms with Crippen molar-refractivity contribution in [1.82, 2.24) is 10.4 Å². The number of nitrogens with two attached hydrogens (primary N) is 1. The molecule has 1 aromatic carbocycles. The van der Waals surface area contributed by atoms with Gasteiger partial charge in [0.25, 0.3) is 0 Å². The fourth-order valence-corrected chi connectivity index (χ4v) is 3.23. The molecule has 1 heterocycles. The van der Waals surface area contributed by atoms with Gasteiger partial charge in [0, 0.05) is 24.1 Å². The number of benzene rings is 1. The average molecular weight is 358 g/mol. The van der Waals surface area contributed by atoms with E-state index in [-0.39, 0.29) is 6.04 Å². The molecule has 1 unspecified atom stereocenters. The van der Waals surface area contributed by atoms with E-state index in [1.165, 1.54) is 19.3 Å². The lowest BCUT2D eigenvalue weighted by Gasteiger charge is -2.32. The summed E-state index contributed by atoms with van der Waals surface area (Å²) < 4.78 is 11.7. The van der Waals surface area contributed by atoms with Crippen LogP contribution in [-0.2, 0) is 0 Å². The largest absolute Gasteiger partial charge is 0.493 e. The molecule has 5 nitrogen and oxygen atoms in total. The maximum atomic E-state index is 5.97. The molecule has 0 bridgehead atoms. The third kappa shape index (κ3) is 4.10. The van der Waals surface area contributed by atoms with Crippen molar-refractivity contribution in [2.24, 2.45) is 5.73 Å². The smallest absolute Gasteiger partial charge is 0.161 e. The van der Waals surface area contributed by atoms with Gasteiger partial charge in [-0.05, 0) is 30.5 Å². The SMILES string of the molecule is COc1cc(Br)c(C(CN)NN2CCCCC2)cc1OC.